The molecule has 0 saturated heterocycles. The molecule has 0 atom stereocenters. The first-order chi connectivity index (χ1) is 11.6. The molecular weight excluding hydrogens is 325 g/mol. The Bertz CT molecular complexity index is 820. The first kappa shape index (κ1) is 16.7. The van der Waals surface area contributed by atoms with E-state index in [0.717, 1.165) is 12.0 Å². The zero-order chi connectivity index (χ0) is 17.1. The van der Waals surface area contributed by atoms with E-state index in [-0.39, 0.29) is 5.56 Å². The van der Waals surface area contributed by atoms with Gasteiger partial charge in [-0.3, -0.25) is 0 Å². The summed E-state index contributed by atoms with van der Waals surface area (Å²) in [4.78, 5) is 4.49. The van der Waals surface area contributed by atoms with Crippen molar-refractivity contribution in [1.82, 2.24) is 14.8 Å². The molecule has 0 radical (unpaired) electrons. The van der Waals surface area contributed by atoms with E-state index < -0.39 is 5.82 Å². The molecule has 0 aliphatic carbocycles. The Morgan fingerprint density at radius 2 is 1.88 bits per heavy atom. The minimum atomic E-state index is -0.422. The number of aryl methyl sites for hydroxylation is 2. The minimum Gasteiger partial charge on any atom is -0.248 e. The molecule has 5 heteroatoms. The molecule has 0 aliphatic heterocycles. The van der Waals surface area contributed by atoms with Crippen molar-refractivity contribution in [3.8, 4) is 22.8 Å². The summed E-state index contributed by atoms with van der Waals surface area (Å²) >= 11 is 6.11. The fourth-order valence-corrected chi connectivity index (χ4v) is 2.90. The third-order valence-corrected chi connectivity index (χ3v) is 4.30. The van der Waals surface area contributed by atoms with E-state index in [1.165, 1.54) is 24.5 Å². The van der Waals surface area contributed by atoms with Gasteiger partial charge in [-0.1, -0.05) is 55.3 Å². The molecule has 0 bridgehead atoms. The van der Waals surface area contributed by atoms with E-state index in [1.807, 2.05) is 12.1 Å². The molecule has 3 rings (SSSR count). The van der Waals surface area contributed by atoms with Gasteiger partial charge in [0.05, 0.1) is 10.6 Å². The van der Waals surface area contributed by atoms with Crippen molar-refractivity contribution in [2.45, 2.75) is 26.2 Å². The van der Waals surface area contributed by atoms with Crippen molar-refractivity contribution in [2.75, 3.05) is 0 Å². The number of halogens is 2. The predicted octanol–water partition coefficient (Wildman–Crippen LogP) is 5.28. The summed E-state index contributed by atoms with van der Waals surface area (Å²) in [5, 5.41) is 4.64. The fourth-order valence-electron chi connectivity index (χ4n) is 2.65. The Hall–Kier alpha value is -2.20. The average molecular weight is 344 g/mol. The standard InChI is InChI=1S/C19H19ClFN3/c1-3-4-6-13-9-11-14(12-10-13)19-22-18(23-24(19)2)17-15(20)7-5-8-16(17)21/h5,7-12H,3-4,6H2,1-2H3. The zero-order valence-electron chi connectivity index (χ0n) is 13.8. The molecule has 0 saturated carbocycles. The molecule has 0 spiro atoms. The maximum Gasteiger partial charge on any atom is 0.186 e. The van der Waals surface area contributed by atoms with Crippen LogP contribution in [0.1, 0.15) is 25.3 Å². The van der Waals surface area contributed by atoms with Gasteiger partial charge in [-0.15, -0.1) is 0 Å². The van der Waals surface area contributed by atoms with Gasteiger partial charge in [0.2, 0.25) is 0 Å². The molecule has 0 unspecified atom stereocenters. The third kappa shape index (κ3) is 3.34. The first-order valence-electron chi connectivity index (χ1n) is 8.05. The fraction of sp³-hybridized carbons (Fsp3) is 0.263. The smallest absolute Gasteiger partial charge is 0.186 e. The second-order valence-corrected chi connectivity index (χ2v) is 6.19. The highest BCUT2D eigenvalue weighted by Crippen LogP contribution is 2.30. The highest BCUT2D eigenvalue weighted by atomic mass is 35.5. The molecule has 0 fully saturated rings. The number of nitrogens with zero attached hydrogens (tertiary/aromatic N) is 3. The SMILES string of the molecule is CCCCc1ccc(-c2nc(-c3c(F)cccc3Cl)nn2C)cc1. The van der Waals surface area contributed by atoms with Crippen molar-refractivity contribution < 1.29 is 4.39 Å². The van der Waals surface area contributed by atoms with Crippen molar-refractivity contribution in [2.24, 2.45) is 7.05 Å². The van der Waals surface area contributed by atoms with Crippen LogP contribution in [0.25, 0.3) is 22.8 Å². The number of benzene rings is 2. The molecule has 24 heavy (non-hydrogen) atoms. The lowest BCUT2D eigenvalue weighted by atomic mass is 10.1. The van der Waals surface area contributed by atoms with Crippen molar-refractivity contribution >= 4 is 11.6 Å². The van der Waals surface area contributed by atoms with Gasteiger partial charge in [-0.25, -0.2) is 14.1 Å². The second-order valence-electron chi connectivity index (χ2n) is 5.78. The van der Waals surface area contributed by atoms with E-state index in [2.05, 4.69) is 29.1 Å². The van der Waals surface area contributed by atoms with Crippen LogP contribution in [0.4, 0.5) is 4.39 Å². The maximum atomic E-state index is 14.1. The van der Waals surface area contributed by atoms with E-state index >= 15 is 0 Å². The Labute approximate surface area is 146 Å². The van der Waals surface area contributed by atoms with Crippen LogP contribution in [0, 0.1) is 5.82 Å². The lowest BCUT2D eigenvalue weighted by molar-refractivity contribution is 0.629. The third-order valence-electron chi connectivity index (χ3n) is 3.98. The van der Waals surface area contributed by atoms with Gasteiger partial charge in [0, 0.05) is 12.6 Å². The molecule has 0 amide bonds. The first-order valence-corrected chi connectivity index (χ1v) is 8.42. The van der Waals surface area contributed by atoms with Gasteiger partial charge in [-0.05, 0) is 30.5 Å². The average Bonchev–Trinajstić information content (AvgIpc) is 2.94. The van der Waals surface area contributed by atoms with Gasteiger partial charge >= 0.3 is 0 Å². The second kappa shape index (κ2) is 7.14. The summed E-state index contributed by atoms with van der Waals surface area (Å²) in [5.74, 6) is 0.562. The van der Waals surface area contributed by atoms with Gasteiger partial charge in [0.25, 0.3) is 0 Å². The summed E-state index contributed by atoms with van der Waals surface area (Å²) in [7, 11) is 1.80. The Kier molecular flexibility index (Phi) is 4.95. The highest BCUT2D eigenvalue weighted by molar-refractivity contribution is 6.33. The Morgan fingerprint density at radius 1 is 1.12 bits per heavy atom. The summed E-state index contributed by atoms with van der Waals surface area (Å²) in [6, 6.07) is 12.8. The summed E-state index contributed by atoms with van der Waals surface area (Å²) in [6.45, 7) is 2.18. The lowest BCUT2D eigenvalue weighted by Gasteiger charge is -2.03. The van der Waals surface area contributed by atoms with Crippen molar-refractivity contribution in [3.63, 3.8) is 0 Å². The maximum absolute atomic E-state index is 14.1. The molecule has 124 valence electrons. The van der Waals surface area contributed by atoms with Gasteiger partial charge in [0.1, 0.15) is 5.82 Å². The molecule has 3 nitrogen and oxygen atoms in total. The predicted molar refractivity (Wildman–Crippen MR) is 95.5 cm³/mol. The van der Waals surface area contributed by atoms with Crippen LogP contribution in [0.2, 0.25) is 5.02 Å². The van der Waals surface area contributed by atoms with Crippen LogP contribution < -0.4 is 0 Å². The lowest BCUT2D eigenvalue weighted by Crippen LogP contribution is -1.95. The van der Waals surface area contributed by atoms with E-state index in [4.69, 9.17) is 11.6 Å². The monoisotopic (exact) mass is 343 g/mol. The number of hydrogen-bond donors (Lipinski definition) is 0. The number of hydrogen-bond acceptors (Lipinski definition) is 2. The summed E-state index contributed by atoms with van der Waals surface area (Å²) < 4.78 is 15.7. The molecule has 3 aromatic rings. The summed E-state index contributed by atoms with van der Waals surface area (Å²) in [5.41, 5.74) is 2.49. The molecule has 2 aromatic carbocycles. The molecular formula is C19H19ClFN3. The Balaban J connectivity index is 1.95. The quantitative estimate of drug-likeness (QED) is 0.630. The van der Waals surface area contributed by atoms with E-state index in [0.29, 0.717) is 16.7 Å². The topological polar surface area (TPSA) is 30.7 Å². The molecule has 1 aromatic heterocycles. The largest absolute Gasteiger partial charge is 0.248 e. The Morgan fingerprint density at radius 3 is 2.54 bits per heavy atom. The van der Waals surface area contributed by atoms with E-state index in [1.54, 1.807) is 23.9 Å². The van der Waals surface area contributed by atoms with Crippen LogP contribution in [0.5, 0.6) is 0 Å². The van der Waals surface area contributed by atoms with Crippen molar-refractivity contribution in [1.29, 1.82) is 0 Å². The molecule has 0 N–H and O–H groups in total. The zero-order valence-corrected chi connectivity index (χ0v) is 14.5. The highest BCUT2D eigenvalue weighted by Gasteiger charge is 2.17. The number of aromatic nitrogens is 3. The minimum absolute atomic E-state index is 0.237. The summed E-state index contributed by atoms with van der Waals surface area (Å²) in [6.07, 6.45) is 3.43. The van der Waals surface area contributed by atoms with Crippen LogP contribution in [-0.4, -0.2) is 14.8 Å². The van der Waals surface area contributed by atoms with Gasteiger partial charge in [0.15, 0.2) is 11.6 Å². The van der Waals surface area contributed by atoms with Gasteiger partial charge in [-0.2, -0.15) is 5.10 Å². The van der Waals surface area contributed by atoms with Crippen LogP contribution in [0.15, 0.2) is 42.5 Å². The number of rotatable bonds is 5. The van der Waals surface area contributed by atoms with Crippen LogP contribution >= 0.6 is 11.6 Å². The molecule has 1 heterocycles. The van der Waals surface area contributed by atoms with Gasteiger partial charge < -0.3 is 0 Å². The van der Waals surface area contributed by atoms with Crippen molar-refractivity contribution in [3.05, 3.63) is 58.9 Å². The normalized spacial score (nSPS) is 11.0. The van der Waals surface area contributed by atoms with Crippen LogP contribution in [-0.2, 0) is 13.5 Å². The van der Waals surface area contributed by atoms with Crippen LogP contribution in [0.3, 0.4) is 0 Å². The molecule has 0 aliphatic rings. The number of unbranched alkanes of at least 4 members (excludes halogenated alkanes) is 1. The van der Waals surface area contributed by atoms with E-state index in [9.17, 15) is 4.39 Å².